The molecule has 1 aromatic carbocycles. The number of carbonyl (C=O) groups is 2. The van der Waals surface area contributed by atoms with Crippen LogP contribution in [-0.4, -0.2) is 22.0 Å². The molecule has 1 aromatic rings. The Morgan fingerprint density at radius 3 is 2.50 bits per heavy atom. The fourth-order valence-electron chi connectivity index (χ4n) is 1.68. The summed E-state index contributed by atoms with van der Waals surface area (Å²) in [5.41, 5.74) is 1.57. The minimum absolute atomic E-state index is 0.0653. The van der Waals surface area contributed by atoms with Crippen LogP contribution < -0.4 is 0 Å². The fourth-order valence-corrected chi connectivity index (χ4v) is 1.68. The maximum atomic E-state index is 11.0. The van der Waals surface area contributed by atoms with E-state index in [2.05, 4.69) is 0 Å². The third-order valence-electron chi connectivity index (χ3n) is 2.36. The second-order valence-corrected chi connectivity index (χ2v) is 3.77. The molecule has 0 saturated carbocycles. The van der Waals surface area contributed by atoms with Gasteiger partial charge in [0, 0.05) is 6.42 Å². The smallest absolute Gasteiger partial charge is 0.337 e. The second kappa shape index (κ2) is 4.90. The van der Waals surface area contributed by atoms with E-state index in [1.54, 1.807) is 25.1 Å². The van der Waals surface area contributed by atoms with Crippen molar-refractivity contribution in [3.05, 3.63) is 34.9 Å². The summed E-state index contributed by atoms with van der Waals surface area (Å²) in [5, 5.41) is 18.3. The molecule has 0 bridgehead atoms. The van der Waals surface area contributed by atoms with Crippen molar-refractivity contribution in [3.63, 3.8) is 0 Å². The normalized spacial score (nSPS) is 12.2. The molecule has 0 aliphatic carbocycles. The van der Waals surface area contributed by atoms with Crippen LogP contribution >= 0.6 is 0 Å². The lowest BCUT2D eigenvalue weighted by atomic mass is 9.94. The first-order valence-corrected chi connectivity index (χ1v) is 4.92. The number of hydrogen-bond donors (Lipinski definition) is 2. The molecule has 0 aliphatic heterocycles. The van der Waals surface area contributed by atoms with Crippen LogP contribution in [0.25, 0.3) is 0 Å². The lowest BCUT2D eigenvalue weighted by Gasteiger charge is -2.14. The highest BCUT2D eigenvalue weighted by Gasteiger charge is 2.21. The predicted molar refractivity (Wildman–Crippen MR) is 58.2 cm³/mol. The SMILES string of the molecule is CC(=O)Cc1cccc(C)c1C(O)C(=O)O. The average Bonchev–Trinajstić information content (AvgIpc) is 2.16. The Labute approximate surface area is 93.5 Å². The molecule has 1 rings (SSSR count). The van der Waals surface area contributed by atoms with Crippen molar-refractivity contribution in [2.75, 3.05) is 0 Å². The molecule has 16 heavy (non-hydrogen) atoms. The lowest BCUT2D eigenvalue weighted by molar-refractivity contribution is -0.147. The van der Waals surface area contributed by atoms with Crippen molar-refractivity contribution in [2.45, 2.75) is 26.4 Å². The zero-order chi connectivity index (χ0) is 12.3. The molecular formula is C12H14O4. The van der Waals surface area contributed by atoms with Gasteiger partial charge in [-0.15, -0.1) is 0 Å². The van der Waals surface area contributed by atoms with Gasteiger partial charge in [-0.25, -0.2) is 4.79 Å². The number of carboxylic acids is 1. The van der Waals surface area contributed by atoms with Gasteiger partial charge in [-0.1, -0.05) is 18.2 Å². The van der Waals surface area contributed by atoms with Crippen molar-refractivity contribution in [1.29, 1.82) is 0 Å². The number of aliphatic hydroxyl groups is 1. The summed E-state index contributed by atoms with van der Waals surface area (Å²) in [6.07, 6.45) is -1.43. The molecule has 0 aliphatic rings. The van der Waals surface area contributed by atoms with Crippen LogP contribution in [0.3, 0.4) is 0 Å². The van der Waals surface area contributed by atoms with Gasteiger partial charge in [0.1, 0.15) is 5.78 Å². The zero-order valence-electron chi connectivity index (χ0n) is 9.23. The monoisotopic (exact) mass is 222 g/mol. The number of Topliss-reactive ketones (excluding diaryl/α,β-unsaturated/α-hetero) is 1. The molecule has 0 spiro atoms. The number of aliphatic hydroxyl groups excluding tert-OH is 1. The highest BCUT2D eigenvalue weighted by atomic mass is 16.4. The molecule has 0 radical (unpaired) electrons. The standard InChI is InChI=1S/C12H14O4/c1-7-4-3-5-9(6-8(2)13)10(7)11(14)12(15)16/h3-5,11,14H,6H2,1-2H3,(H,15,16). The maximum Gasteiger partial charge on any atom is 0.337 e. The Kier molecular flexibility index (Phi) is 3.79. The number of ketones is 1. The predicted octanol–water partition coefficient (Wildman–Crippen LogP) is 1.24. The summed E-state index contributed by atoms with van der Waals surface area (Å²) in [6.45, 7) is 3.14. The summed E-state index contributed by atoms with van der Waals surface area (Å²) in [5.74, 6) is -1.37. The number of benzene rings is 1. The van der Waals surface area contributed by atoms with Gasteiger partial charge in [-0.3, -0.25) is 4.79 Å². The summed E-state index contributed by atoms with van der Waals surface area (Å²) in [6, 6.07) is 5.12. The van der Waals surface area contributed by atoms with E-state index >= 15 is 0 Å². The molecular weight excluding hydrogens is 208 g/mol. The summed E-state index contributed by atoms with van der Waals surface area (Å²) >= 11 is 0. The van der Waals surface area contributed by atoms with Gasteiger partial charge in [0.15, 0.2) is 6.10 Å². The van der Waals surface area contributed by atoms with E-state index in [0.717, 1.165) is 0 Å². The Hall–Kier alpha value is -1.68. The van der Waals surface area contributed by atoms with Crippen LogP contribution in [-0.2, 0) is 16.0 Å². The minimum atomic E-state index is -1.57. The quantitative estimate of drug-likeness (QED) is 0.803. The number of aliphatic carboxylic acids is 1. The van der Waals surface area contributed by atoms with Gasteiger partial charge in [-0.05, 0) is 30.5 Å². The molecule has 4 nitrogen and oxygen atoms in total. The van der Waals surface area contributed by atoms with Gasteiger partial charge in [-0.2, -0.15) is 0 Å². The summed E-state index contributed by atoms with van der Waals surface area (Å²) in [7, 11) is 0. The second-order valence-electron chi connectivity index (χ2n) is 3.77. The number of rotatable bonds is 4. The van der Waals surface area contributed by atoms with Crippen LogP contribution in [0, 0.1) is 6.92 Å². The van der Waals surface area contributed by atoms with Crippen LogP contribution in [0.5, 0.6) is 0 Å². The van der Waals surface area contributed by atoms with Crippen molar-refractivity contribution < 1.29 is 19.8 Å². The number of carbonyl (C=O) groups excluding carboxylic acids is 1. The molecule has 1 atom stereocenters. The number of hydrogen-bond acceptors (Lipinski definition) is 3. The molecule has 0 fully saturated rings. The first-order valence-electron chi connectivity index (χ1n) is 4.92. The van der Waals surface area contributed by atoms with Crippen molar-refractivity contribution in [1.82, 2.24) is 0 Å². The summed E-state index contributed by atoms with van der Waals surface area (Å²) < 4.78 is 0. The Bertz CT molecular complexity index is 423. The van der Waals surface area contributed by atoms with Crippen LogP contribution in [0.4, 0.5) is 0 Å². The fraction of sp³-hybridized carbons (Fsp3) is 0.333. The van der Waals surface area contributed by atoms with Gasteiger partial charge in [0.25, 0.3) is 0 Å². The van der Waals surface area contributed by atoms with E-state index in [9.17, 15) is 14.7 Å². The summed E-state index contributed by atoms with van der Waals surface area (Å²) in [4.78, 5) is 21.8. The van der Waals surface area contributed by atoms with Gasteiger partial charge in [0.05, 0.1) is 0 Å². The van der Waals surface area contributed by atoms with Crippen LogP contribution in [0.2, 0.25) is 0 Å². The van der Waals surface area contributed by atoms with Crippen LogP contribution in [0.1, 0.15) is 29.7 Å². The molecule has 0 amide bonds. The average molecular weight is 222 g/mol. The largest absolute Gasteiger partial charge is 0.479 e. The topological polar surface area (TPSA) is 74.6 Å². The van der Waals surface area contributed by atoms with Crippen molar-refractivity contribution >= 4 is 11.8 Å². The molecule has 4 heteroatoms. The van der Waals surface area contributed by atoms with Gasteiger partial charge < -0.3 is 10.2 Å². The van der Waals surface area contributed by atoms with E-state index in [1.807, 2.05) is 0 Å². The lowest BCUT2D eigenvalue weighted by Crippen LogP contribution is -2.15. The Morgan fingerprint density at radius 1 is 1.38 bits per heavy atom. The molecule has 86 valence electrons. The van der Waals surface area contributed by atoms with Crippen molar-refractivity contribution in [3.8, 4) is 0 Å². The van der Waals surface area contributed by atoms with Gasteiger partial charge in [0.2, 0.25) is 0 Å². The molecule has 1 unspecified atom stereocenters. The zero-order valence-corrected chi connectivity index (χ0v) is 9.23. The highest BCUT2D eigenvalue weighted by molar-refractivity contribution is 5.80. The third-order valence-corrected chi connectivity index (χ3v) is 2.36. The maximum absolute atomic E-state index is 11.0. The molecule has 0 saturated heterocycles. The van der Waals surface area contributed by atoms with Crippen molar-refractivity contribution in [2.24, 2.45) is 0 Å². The number of carboxylic acid groups (broad SMARTS) is 1. The van der Waals surface area contributed by atoms with E-state index in [4.69, 9.17) is 5.11 Å². The Morgan fingerprint density at radius 2 is 2.00 bits per heavy atom. The van der Waals surface area contributed by atoms with E-state index in [1.165, 1.54) is 6.92 Å². The van der Waals surface area contributed by atoms with E-state index < -0.39 is 12.1 Å². The van der Waals surface area contributed by atoms with Gasteiger partial charge >= 0.3 is 5.97 Å². The molecule has 2 N–H and O–H groups in total. The first kappa shape index (κ1) is 12.4. The molecule has 0 aromatic heterocycles. The van der Waals surface area contributed by atoms with E-state index in [0.29, 0.717) is 16.7 Å². The number of aryl methyl sites for hydroxylation is 1. The Balaban J connectivity index is 3.22. The van der Waals surface area contributed by atoms with E-state index in [-0.39, 0.29) is 12.2 Å². The highest BCUT2D eigenvalue weighted by Crippen LogP contribution is 2.23. The minimum Gasteiger partial charge on any atom is -0.479 e. The van der Waals surface area contributed by atoms with Crippen LogP contribution in [0.15, 0.2) is 18.2 Å². The molecule has 0 heterocycles. The first-order chi connectivity index (χ1) is 7.43. The third kappa shape index (κ3) is 2.67.